The maximum Gasteiger partial charge on any atom is 0.152 e. The summed E-state index contributed by atoms with van der Waals surface area (Å²) in [5.74, 6) is 1.97. The Morgan fingerprint density at radius 2 is 1.83 bits per heavy atom. The van der Waals surface area contributed by atoms with Gasteiger partial charge in [-0.3, -0.25) is 9.88 Å². The summed E-state index contributed by atoms with van der Waals surface area (Å²) in [6, 6.07) is 15.3. The first kappa shape index (κ1) is 23.9. The Morgan fingerprint density at radius 3 is 2.63 bits per heavy atom. The monoisotopic (exact) mass is 474 g/mol. The first-order valence-corrected chi connectivity index (χ1v) is 13.1. The van der Waals surface area contributed by atoms with E-state index < -0.39 is 0 Å². The third-order valence-electron chi connectivity index (χ3n) is 7.51. The number of rotatable bonds is 3. The van der Waals surface area contributed by atoms with Crippen LogP contribution in [-0.4, -0.2) is 55.9 Å². The lowest BCUT2D eigenvalue weighted by molar-refractivity contribution is 0.0413. The van der Waals surface area contributed by atoms with Gasteiger partial charge in [-0.2, -0.15) is 0 Å². The fraction of sp³-hybridized carbons (Fsp3) is 0.483. The summed E-state index contributed by atoms with van der Waals surface area (Å²) >= 11 is 0. The van der Waals surface area contributed by atoms with E-state index in [-0.39, 0.29) is 0 Å². The summed E-state index contributed by atoms with van der Waals surface area (Å²) in [4.78, 5) is 9.42. The predicted molar refractivity (Wildman–Crippen MR) is 142 cm³/mol. The van der Waals surface area contributed by atoms with Crippen molar-refractivity contribution in [3.63, 3.8) is 0 Å². The van der Waals surface area contributed by atoms with Crippen molar-refractivity contribution < 1.29 is 9.47 Å². The normalized spacial score (nSPS) is 18.9. The molecule has 1 saturated heterocycles. The Labute approximate surface area is 209 Å². The Hall–Kier alpha value is -2.83. The van der Waals surface area contributed by atoms with Crippen LogP contribution in [0.2, 0.25) is 0 Å². The predicted octanol–water partition coefficient (Wildman–Crippen LogP) is 5.13. The Balaban J connectivity index is 0.000000158. The minimum atomic E-state index is 0.701. The SMILES string of the molecule is COc1ccccc1N1CCNCC1.Cc1cc2c(c3ncccc13)OCN(C1CCCCC1)C2. The van der Waals surface area contributed by atoms with Gasteiger partial charge in [0.05, 0.1) is 12.8 Å². The first-order chi connectivity index (χ1) is 17.2. The van der Waals surface area contributed by atoms with E-state index in [1.54, 1.807) is 7.11 Å². The summed E-state index contributed by atoms with van der Waals surface area (Å²) in [7, 11) is 1.72. The second-order valence-corrected chi connectivity index (χ2v) is 9.80. The van der Waals surface area contributed by atoms with Gasteiger partial charge >= 0.3 is 0 Å². The van der Waals surface area contributed by atoms with Crippen LogP contribution >= 0.6 is 0 Å². The van der Waals surface area contributed by atoms with Gasteiger partial charge in [0.25, 0.3) is 0 Å². The van der Waals surface area contributed by atoms with Crippen molar-refractivity contribution in [3.05, 3.63) is 59.8 Å². The topological polar surface area (TPSA) is 49.9 Å². The zero-order valence-electron chi connectivity index (χ0n) is 21.1. The number of benzene rings is 2. The molecule has 0 atom stereocenters. The summed E-state index contributed by atoms with van der Waals surface area (Å²) in [5, 5.41) is 4.55. The average molecular weight is 475 g/mol. The fourth-order valence-electron chi connectivity index (χ4n) is 5.63. The molecule has 186 valence electrons. The van der Waals surface area contributed by atoms with E-state index in [0.29, 0.717) is 12.8 Å². The molecule has 3 aliphatic rings. The number of fused-ring (bicyclic) bond motifs is 3. The Bertz CT molecular complexity index is 1120. The second kappa shape index (κ2) is 11.3. The molecule has 2 aliphatic heterocycles. The van der Waals surface area contributed by atoms with Crippen LogP contribution in [0.4, 0.5) is 5.69 Å². The van der Waals surface area contributed by atoms with Crippen LogP contribution in [0.25, 0.3) is 10.9 Å². The number of aryl methyl sites for hydroxylation is 1. The molecule has 1 saturated carbocycles. The standard InChI is InChI=1S/C18H22N2O.C11H16N2O/c1-13-10-14-11-20(15-6-3-2-4-7-15)12-21-18(14)17-16(13)8-5-9-19-17;1-14-11-5-3-2-4-10(11)13-8-6-12-7-9-13/h5,8-10,15H,2-4,6-7,11-12H2,1H3;2-5,12H,6-9H2,1H3. The van der Waals surface area contributed by atoms with Gasteiger partial charge in [0, 0.05) is 55.9 Å². The van der Waals surface area contributed by atoms with Gasteiger partial charge in [-0.15, -0.1) is 0 Å². The molecule has 6 nitrogen and oxygen atoms in total. The molecule has 3 heterocycles. The van der Waals surface area contributed by atoms with Gasteiger partial charge < -0.3 is 19.7 Å². The summed E-state index contributed by atoms with van der Waals surface area (Å²) in [5.41, 5.74) is 4.83. The van der Waals surface area contributed by atoms with E-state index in [2.05, 4.69) is 51.3 Å². The van der Waals surface area contributed by atoms with E-state index in [1.165, 1.54) is 54.3 Å². The maximum absolute atomic E-state index is 6.12. The number of nitrogens with one attached hydrogen (secondary N) is 1. The minimum Gasteiger partial charge on any atom is -0.495 e. The third kappa shape index (κ3) is 5.39. The van der Waals surface area contributed by atoms with Crippen LogP contribution in [0.3, 0.4) is 0 Å². The number of hydrogen-bond acceptors (Lipinski definition) is 6. The van der Waals surface area contributed by atoms with E-state index >= 15 is 0 Å². The van der Waals surface area contributed by atoms with Gasteiger partial charge in [-0.25, -0.2) is 0 Å². The summed E-state index contributed by atoms with van der Waals surface area (Å²) in [6.45, 7) is 8.11. The van der Waals surface area contributed by atoms with Crippen LogP contribution < -0.4 is 19.7 Å². The van der Waals surface area contributed by atoms with E-state index in [0.717, 1.165) is 49.7 Å². The highest BCUT2D eigenvalue weighted by Gasteiger charge is 2.27. The number of anilines is 1. The van der Waals surface area contributed by atoms with Crippen molar-refractivity contribution in [2.24, 2.45) is 0 Å². The molecule has 6 heteroatoms. The third-order valence-corrected chi connectivity index (χ3v) is 7.51. The lowest BCUT2D eigenvalue weighted by atomic mass is 9.93. The van der Waals surface area contributed by atoms with Crippen molar-refractivity contribution in [3.8, 4) is 11.5 Å². The maximum atomic E-state index is 6.12. The molecule has 1 N–H and O–H groups in total. The zero-order valence-corrected chi connectivity index (χ0v) is 21.1. The fourth-order valence-corrected chi connectivity index (χ4v) is 5.63. The van der Waals surface area contributed by atoms with E-state index in [9.17, 15) is 0 Å². The molecule has 6 rings (SSSR count). The molecule has 0 amide bonds. The highest BCUT2D eigenvalue weighted by Crippen LogP contribution is 2.36. The van der Waals surface area contributed by atoms with E-state index in [4.69, 9.17) is 9.47 Å². The number of piperazine rings is 1. The minimum absolute atomic E-state index is 0.701. The molecule has 0 radical (unpaired) electrons. The molecule has 2 aromatic carbocycles. The Morgan fingerprint density at radius 1 is 1.03 bits per heavy atom. The van der Waals surface area contributed by atoms with Crippen LogP contribution in [0, 0.1) is 6.92 Å². The van der Waals surface area contributed by atoms with Gasteiger partial charge in [0.15, 0.2) is 5.75 Å². The average Bonchev–Trinajstić information content (AvgIpc) is 2.94. The largest absolute Gasteiger partial charge is 0.495 e. The van der Waals surface area contributed by atoms with Crippen molar-refractivity contribution in [2.75, 3.05) is 44.9 Å². The van der Waals surface area contributed by atoms with Crippen molar-refractivity contribution in [2.45, 2.75) is 51.6 Å². The number of pyridine rings is 1. The number of para-hydroxylation sites is 2. The number of aromatic nitrogens is 1. The van der Waals surface area contributed by atoms with Crippen LogP contribution in [-0.2, 0) is 6.54 Å². The van der Waals surface area contributed by atoms with E-state index in [1.807, 2.05) is 24.4 Å². The van der Waals surface area contributed by atoms with Gasteiger partial charge in [-0.05, 0) is 43.5 Å². The van der Waals surface area contributed by atoms with Crippen LogP contribution in [0.1, 0.15) is 43.2 Å². The number of hydrogen-bond donors (Lipinski definition) is 1. The zero-order chi connectivity index (χ0) is 24.0. The number of nitrogens with zero attached hydrogens (tertiary/aromatic N) is 3. The molecule has 0 unspecified atom stereocenters. The molecule has 0 bridgehead atoms. The molecular formula is C29H38N4O2. The van der Waals surface area contributed by atoms with Crippen molar-refractivity contribution >= 4 is 16.6 Å². The molecule has 0 spiro atoms. The Kier molecular flexibility index (Phi) is 7.69. The first-order valence-electron chi connectivity index (χ1n) is 13.1. The highest BCUT2D eigenvalue weighted by molar-refractivity contribution is 5.88. The summed E-state index contributed by atoms with van der Waals surface area (Å²) < 4.78 is 11.5. The van der Waals surface area contributed by atoms with Gasteiger partial charge in [0.2, 0.25) is 0 Å². The second-order valence-electron chi connectivity index (χ2n) is 9.80. The van der Waals surface area contributed by atoms with Crippen LogP contribution in [0.15, 0.2) is 48.7 Å². The van der Waals surface area contributed by atoms with Gasteiger partial charge in [-0.1, -0.05) is 43.5 Å². The number of ether oxygens (including phenoxy) is 2. The smallest absolute Gasteiger partial charge is 0.152 e. The molecule has 2 fully saturated rings. The molecule has 1 aromatic heterocycles. The molecule has 3 aromatic rings. The quantitative estimate of drug-likeness (QED) is 0.568. The lowest BCUT2D eigenvalue weighted by Gasteiger charge is -2.37. The molecular weight excluding hydrogens is 436 g/mol. The molecule has 1 aliphatic carbocycles. The van der Waals surface area contributed by atoms with Crippen molar-refractivity contribution in [1.29, 1.82) is 0 Å². The number of methoxy groups -OCH3 is 1. The van der Waals surface area contributed by atoms with Crippen LogP contribution in [0.5, 0.6) is 11.5 Å². The van der Waals surface area contributed by atoms with Crippen molar-refractivity contribution in [1.82, 2.24) is 15.2 Å². The molecule has 35 heavy (non-hydrogen) atoms. The highest BCUT2D eigenvalue weighted by atomic mass is 16.5. The lowest BCUT2D eigenvalue weighted by Crippen LogP contribution is -2.43. The van der Waals surface area contributed by atoms with Gasteiger partial charge in [0.1, 0.15) is 18.0 Å². The summed E-state index contributed by atoms with van der Waals surface area (Å²) in [6.07, 6.45) is 8.64.